The quantitative estimate of drug-likeness (QED) is 0.764. The van der Waals surface area contributed by atoms with E-state index in [0.29, 0.717) is 25.9 Å². The molecule has 8 heteroatoms. The number of hydrogen-bond donors (Lipinski definition) is 0. The molecule has 1 aromatic carbocycles. The van der Waals surface area contributed by atoms with Crippen LogP contribution in [0.2, 0.25) is 0 Å². The van der Waals surface area contributed by atoms with Crippen LogP contribution in [0.15, 0.2) is 35.1 Å². The third kappa shape index (κ3) is 4.56. The van der Waals surface area contributed by atoms with Gasteiger partial charge < -0.3 is 4.90 Å². The number of carbonyl (C=O) groups is 1. The lowest BCUT2D eigenvalue weighted by Crippen LogP contribution is -2.37. The van der Waals surface area contributed by atoms with E-state index in [1.165, 1.54) is 30.0 Å². The third-order valence-corrected chi connectivity index (χ3v) is 4.02. The lowest BCUT2D eigenvalue weighted by atomic mass is 10.1. The molecule has 0 unspecified atom stereocenters. The van der Waals surface area contributed by atoms with E-state index in [0.717, 1.165) is 16.8 Å². The number of hydrogen-bond acceptors (Lipinski definition) is 3. The molecule has 0 aliphatic rings. The number of aromatic nitrogens is 2. The highest BCUT2D eigenvalue weighted by Gasteiger charge is 2.34. The van der Waals surface area contributed by atoms with E-state index in [-0.39, 0.29) is 17.1 Å². The van der Waals surface area contributed by atoms with E-state index in [2.05, 4.69) is 5.10 Å². The monoisotopic (exact) mass is 381 g/mol. The van der Waals surface area contributed by atoms with Crippen LogP contribution in [0.5, 0.6) is 0 Å². The van der Waals surface area contributed by atoms with E-state index >= 15 is 0 Å². The van der Waals surface area contributed by atoms with Crippen molar-refractivity contribution in [1.29, 1.82) is 0 Å². The van der Waals surface area contributed by atoms with Crippen LogP contribution in [0.25, 0.3) is 5.69 Å². The molecular weight excluding hydrogens is 359 g/mol. The minimum Gasteiger partial charge on any atom is -0.337 e. The fourth-order valence-corrected chi connectivity index (χ4v) is 2.84. The number of alkyl halides is 3. The Morgan fingerprint density at radius 3 is 2.30 bits per heavy atom. The molecule has 0 atom stereocenters. The van der Waals surface area contributed by atoms with Crippen LogP contribution in [0.1, 0.15) is 48.4 Å². The molecule has 0 saturated carbocycles. The maximum Gasteiger partial charge on any atom is 0.418 e. The molecule has 5 nitrogen and oxygen atoms in total. The topological polar surface area (TPSA) is 55.2 Å². The second kappa shape index (κ2) is 8.37. The maximum absolute atomic E-state index is 13.4. The average molecular weight is 381 g/mol. The second-order valence-electron chi connectivity index (χ2n) is 6.22. The van der Waals surface area contributed by atoms with Crippen LogP contribution in [0.4, 0.5) is 13.2 Å². The summed E-state index contributed by atoms with van der Waals surface area (Å²) in [5, 5.41) is 4.01. The van der Waals surface area contributed by atoms with Crippen LogP contribution < -0.4 is 5.43 Å². The van der Waals surface area contributed by atoms with Crippen molar-refractivity contribution in [3.8, 4) is 5.69 Å². The number of benzene rings is 1. The van der Waals surface area contributed by atoms with Gasteiger partial charge in [-0.2, -0.15) is 18.3 Å². The lowest BCUT2D eigenvalue weighted by Gasteiger charge is -2.22. The van der Waals surface area contributed by atoms with Crippen molar-refractivity contribution in [2.75, 3.05) is 13.1 Å². The molecule has 0 N–H and O–H groups in total. The Balaban J connectivity index is 2.61. The van der Waals surface area contributed by atoms with E-state index < -0.39 is 23.1 Å². The van der Waals surface area contributed by atoms with Gasteiger partial charge in [-0.25, -0.2) is 4.68 Å². The summed E-state index contributed by atoms with van der Waals surface area (Å²) in [5.41, 5.74) is -1.88. The number of aryl methyl sites for hydroxylation is 1. The van der Waals surface area contributed by atoms with Crippen LogP contribution in [-0.2, 0) is 6.18 Å². The molecule has 1 aromatic heterocycles. The first-order valence-electron chi connectivity index (χ1n) is 8.77. The summed E-state index contributed by atoms with van der Waals surface area (Å²) >= 11 is 0. The van der Waals surface area contributed by atoms with Gasteiger partial charge in [0.25, 0.3) is 5.91 Å². The Bertz CT molecular complexity index is 869. The summed E-state index contributed by atoms with van der Waals surface area (Å²) in [4.78, 5) is 26.6. The highest BCUT2D eigenvalue weighted by molar-refractivity contribution is 5.92. The van der Waals surface area contributed by atoms with Gasteiger partial charge >= 0.3 is 6.18 Å². The Morgan fingerprint density at radius 1 is 1.15 bits per heavy atom. The Kier molecular flexibility index (Phi) is 6.41. The van der Waals surface area contributed by atoms with Crippen molar-refractivity contribution in [2.45, 2.75) is 39.8 Å². The van der Waals surface area contributed by atoms with Crippen molar-refractivity contribution < 1.29 is 18.0 Å². The standard InChI is InChI=1S/C19H22F3N3O2/c1-4-10-24(11-5-2)18(27)17-16(26)12-13(3)25(23-17)15-9-7-6-8-14(15)19(20,21)22/h6-9,12H,4-5,10-11H2,1-3H3. The zero-order valence-corrected chi connectivity index (χ0v) is 15.5. The molecule has 0 spiro atoms. The van der Waals surface area contributed by atoms with Gasteiger partial charge in [0.1, 0.15) is 0 Å². The SMILES string of the molecule is CCCN(CCC)C(=O)c1nn(-c2ccccc2C(F)(F)F)c(C)cc1=O. The van der Waals surface area contributed by atoms with Gasteiger partial charge in [0, 0.05) is 24.8 Å². The Morgan fingerprint density at radius 2 is 1.74 bits per heavy atom. The zero-order valence-electron chi connectivity index (χ0n) is 15.5. The van der Waals surface area contributed by atoms with Crippen LogP contribution in [0.3, 0.4) is 0 Å². The molecule has 2 rings (SSSR count). The molecule has 1 amide bonds. The van der Waals surface area contributed by atoms with Crippen molar-refractivity contribution in [3.63, 3.8) is 0 Å². The molecule has 0 aliphatic heterocycles. The molecule has 27 heavy (non-hydrogen) atoms. The van der Waals surface area contributed by atoms with Gasteiger partial charge in [0.2, 0.25) is 5.43 Å². The van der Waals surface area contributed by atoms with E-state index in [1.54, 1.807) is 0 Å². The summed E-state index contributed by atoms with van der Waals surface area (Å²) in [7, 11) is 0. The van der Waals surface area contributed by atoms with Crippen LogP contribution >= 0.6 is 0 Å². The van der Waals surface area contributed by atoms with Gasteiger partial charge in [0.15, 0.2) is 5.69 Å². The molecular formula is C19H22F3N3O2. The second-order valence-corrected chi connectivity index (χ2v) is 6.22. The molecule has 146 valence electrons. The number of carbonyl (C=O) groups excluding carboxylic acids is 1. The van der Waals surface area contributed by atoms with Crippen molar-refractivity contribution in [2.24, 2.45) is 0 Å². The van der Waals surface area contributed by atoms with Gasteiger partial charge in [-0.15, -0.1) is 0 Å². The summed E-state index contributed by atoms with van der Waals surface area (Å²) in [5.74, 6) is -0.568. The predicted octanol–water partition coefficient (Wildman–Crippen LogP) is 3.82. The smallest absolute Gasteiger partial charge is 0.337 e. The van der Waals surface area contributed by atoms with E-state index in [4.69, 9.17) is 0 Å². The molecule has 1 heterocycles. The highest BCUT2D eigenvalue weighted by atomic mass is 19.4. The predicted molar refractivity (Wildman–Crippen MR) is 96.1 cm³/mol. The van der Waals surface area contributed by atoms with Crippen molar-refractivity contribution >= 4 is 5.91 Å². The molecule has 0 aliphatic carbocycles. The molecule has 0 saturated heterocycles. The number of rotatable bonds is 6. The first kappa shape index (κ1) is 20.7. The van der Waals surface area contributed by atoms with E-state index in [9.17, 15) is 22.8 Å². The minimum atomic E-state index is -4.59. The first-order valence-corrected chi connectivity index (χ1v) is 8.77. The molecule has 2 aromatic rings. The first-order chi connectivity index (χ1) is 12.7. The zero-order chi connectivity index (χ0) is 20.2. The molecule has 0 radical (unpaired) electrons. The largest absolute Gasteiger partial charge is 0.418 e. The number of amides is 1. The van der Waals surface area contributed by atoms with Crippen LogP contribution in [-0.4, -0.2) is 33.7 Å². The Labute approximate surface area is 155 Å². The van der Waals surface area contributed by atoms with Gasteiger partial charge in [-0.3, -0.25) is 9.59 Å². The summed E-state index contributed by atoms with van der Waals surface area (Å²) in [6.45, 7) is 6.17. The maximum atomic E-state index is 13.4. The summed E-state index contributed by atoms with van der Waals surface area (Å²) in [6, 6.07) is 6.07. The van der Waals surface area contributed by atoms with Crippen molar-refractivity contribution in [3.05, 3.63) is 57.5 Å². The summed E-state index contributed by atoms with van der Waals surface area (Å²) < 4.78 is 41.1. The number of para-hydroxylation sites is 1. The normalized spacial score (nSPS) is 11.5. The van der Waals surface area contributed by atoms with Crippen LogP contribution in [0, 0.1) is 6.92 Å². The number of nitrogens with zero attached hydrogens (tertiary/aromatic N) is 3. The van der Waals surface area contributed by atoms with Gasteiger partial charge in [-0.1, -0.05) is 26.0 Å². The van der Waals surface area contributed by atoms with Gasteiger partial charge in [-0.05, 0) is 31.9 Å². The van der Waals surface area contributed by atoms with Crippen molar-refractivity contribution in [1.82, 2.24) is 14.7 Å². The fourth-order valence-electron chi connectivity index (χ4n) is 2.84. The molecule has 0 fully saturated rings. The van der Waals surface area contributed by atoms with Gasteiger partial charge in [0.05, 0.1) is 11.3 Å². The fraction of sp³-hybridized carbons (Fsp3) is 0.421. The summed E-state index contributed by atoms with van der Waals surface area (Å²) in [6.07, 6.45) is -3.19. The third-order valence-electron chi connectivity index (χ3n) is 4.02. The lowest BCUT2D eigenvalue weighted by molar-refractivity contribution is -0.137. The highest BCUT2D eigenvalue weighted by Crippen LogP contribution is 2.33. The molecule has 0 bridgehead atoms. The number of halogens is 3. The Hall–Kier alpha value is -2.64. The average Bonchev–Trinajstić information content (AvgIpc) is 2.60. The minimum absolute atomic E-state index is 0.214. The van der Waals surface area contributed by atoms with E-state index in [1.807, 2.05) is 13.8 Å².